The average Bonchev–Trinajstić information content (AvgIpc) is 2.74. The molecule has 1 nitrogen and oxygen atoms in total. The Morgan fingerprint density at radius 2 is 1.76 bits per heavy atom. The lowest BCUT2D eigenvalue weighted by Crippen LogP contribution is -1.98. The molecule has 0 saturated heterocycles. The van der Waals surface area contributed by atoms with Gasteiger partial charge in [0.15, 0.2) is 0 Å². The molecule has 1 unspecified atom stereocenters. The average molecular weight is 244 g/mol. The molecule has 1 aromatic heterocycles. The number of halogens is 1. The molecule has 1 aliphatic carbocycles. The molecule has 0 bridgehead atoms. The van der Waals surface area contributed by atoms with Gasteiger partial charge in [-0.05, 0) is 35.2 Å². The van der Waals surface area contributed by atoms with E-state index in [1.165, 1.54) is 16.7 Å². The smallest absolute Gasteiger partial charge is 0.0270 e. The summed E-state index contributed by atoms with van der Waals surface area (Å²) >= 11 is 0. The Balaban J connectivity index is 0.00000108. The largest absolute Gasteiger partial charge is 0.265 e. The lowest BCUT2D eigenvalue weighted by atomic mass is 9.94. The zero-order valence-electron chi connectivity index (χ0n) is 9.41. The first-order valence-corrected chi connectivity index (χ1v) is 5.59. The Hall–Kier alpha value is -1.60. The van der Waals surface area contributed by atoms with Crippen LogP contribution in [0.4, 0.5) is 0 Å². The van der Waals surface area contributed by atoms with Gasteiger partial charge in [-0.1, -0.05) is 36.4 Å². The highest BCUT2D eigenvalue weighted by Crippen LogP contribution is 2.32. The minimum atomic E-state index is 0. The molecular formula is C15H14ClN. The first kappa shape index (κ1) is 11.9. The lowest BCUT2D eigenvalue weighted by molar-refractivity contribution is 0.848. The molecule has 1 heterocycles. The molecule has 1 atom stereocenters. The maximum atomic E-state index is 4.05. The number of allylic oxidation sites excluding steroid dienone is 1. The summed E-state index contributed by atoms with van der Waals surface area (Å²) in [4.78, 5) is 4.05. The van der Waals surface area contributed by atoms with Crippen molar-refractivity contribution in [3.05, 3.63) is 71.6 Å². The van der Waals surface area contributed by atoms with Crippen molar-refractivity contribution >= 4 is 18.5 Å². The van der Waals surface area contributed by atoms with Crippen molar-refractivity contribution in [2.75, 3.05) is 0 Å². The fraction of sp³-hybridized carbons (Fsp3) is 0.133. The van der Waals surface area contributed by atoms with Crippen LogP contribution >= 0.6 is 12.4 Å². The van der Waals surface area contributed by atoms with Gasteiger partial charge >= 0.3 is 0 Å². The monoisotopic (exact) mass is 243 g/mol. The number of rotatable bonds is 2. The molecule has 0 aliphatic heterocycles. The number of fused-ring (bicyclic) bond motifs is 1. The number of aromatic nitrogens is 1. The number of nitrogens with zero attached hydrogens (tertiary/aromatic N) is 1. The van der Waals surface area contributed by atoms with Crippen LogP contribution < -0.4 is 0 Å². The third-order valence-corrected chi connectivity index (χ3v) is 3.11. The Morgan fingerprint density at radius 3 is 2.59 bits per heavy atom. The van der Waals surface area contributed by atoms with Crippen molar-refractivity contribution in [3.63, 3.8) is 0 Å². The summed E-state index contributed by atoms with van der Waals surface area (Å²) in [6.45, 7) is 0. The standard InChI is InChI=1S/C15H13N.ClH/c1-2-4-15-13(3-1)5-6-14(15)11-12-7-9-16-10-8-12;/h1-10,14H,11H2;1H. The van der Waals surface area contributed by atoms with Crippen molar-refractivity contribution in [2.45, 2.75) is 12.3 Å². The molecule has 2 aromatic rings. The highest BCUT2D eigenvalue weighted by molar-refractivity contribution is 5.85. The topological polar surface area (TPSA) is 12.9 Å². The van der Waals surface area contributed by atoms with E-state index in [9.17, 15) is 0 Å². The fourth-order valence-electron chi connectivity index (χ4n) is 2.27. The summed E-state index contributed by atoms with van der Waals surface area (Å²) in [5, 5.41) is 0. The quantitative estimate of drug-likeness (QED) is 0.781. The Bertz CT molecular complexity index is 519. The van der Waals surface area contributed by atoms with E-state index in [-0.39, 0.29) is 12.4 Å². The zero-order chi connectivity index (χ0) is 10.8. The molecule has 0 N–H and O–H groups in total. The van der Waals surface area contributed by atoms with Crippen molar-refractivity contribution in [2.24, 2.45) is 0 Å². The van der Waals surface area contributed by atoms with E-state index in [1.807, 2.05) is 12.4 Å². The van der Waals surface area contributed by atoms with Crippen LogP contribution in [0.15, 0.2) is 54.9 Å². The van der Waals surface area contributed by atoms with E-state index in [1.54, 1.807) is 0 Å². The van der Waals surface area contributed by atoms with Gasteiger partial charge in [0, 0.05) is 18.3 Å². The second-order valence-electron chi connectivity index (χ2n) is 4.15. The van der Waals surface area contributed by atoms with Crippen LogP contribution in [-0.4, -0.2) is 4.98 Å². The van der Waals surface area contributed by atoms with Crippen LogP contribution in [0.3, 0.4) is 0 Å². The Labute approximate surface area is 108 Å². The summed E-state index contributed by atoms with van der Waals surface area (Å²) in [5.74, 6) is 0.526. The molecule has 0 amide bonds. The Morgan fingerprint density at radius 1 is 1.00 bits per heavy atom. The molecule has 17 heavy (non-hydrogen) atoms. The predicted molar refractivity (Wildman–Crippen MR) is 73.4 cm³/mol. The van der Waals surface area contributed by atoms with Gasteiger partial charge in [0.1, 0.15) is 0 Å². The van der Waals surface area contributed by atoms with E-state index in [4.69, 9.17) is 0 Å². The van der Waals surface area contributed by atoms with Gasteiger partial charge < -0.3 is 0 Å². The lowest BCUT2D eigenvalue weighted by Gasteiger charge is -2.10. The summed E-state index contributed by atoms with van der Waals surface area (Å²) < 4.78 is 0. The molecule has 0 saturated carbocycles. The maximum absolute atomic E-state index is 4.05. The highest BCUT2D eigenvalue weighted by atomic mass is 35.5. The van der Waals surface area contributed by atoms with Crippen molar-refractivity contribution in [1.82, 2.24) is 4.98 Å². The fourth-order valence-corrected chi connectivity index (χ4v) is 2.27. The molecule has 1 aromatic carbocycles. The van der Waals surface area contributed by atoms with E-state index in [2.05, 4.69) is 53.5 Å². The molecule has 0 fully saturated rings. The zero-order valence-corrected chi connectivity index (χ0v) is 10.2. The van der Waals surface area contributed by atoms with Gasteiger partial charge in [0.2, 0.25) is 0 Å². The number of pyridine rings is 1. The minimum absolute atomic E-state index is 0. The van der Waals surface area contributed by atoms with E-state index < -0.39 is 0 Å². The van der Waals surface area contributed by atoms with Crippen LogP contribution in [-0.2, 0) is 6.42 Å². The van der Waals surface area contributed by atoms with E-state index in [0.717, 1.165) is 6.42 Å². The van der Waals surface area contributed by atoms with E-state index >= 15 is 0 Å². The van der Waals surface area contributed by atoms with Crippen molar-refractivity contribution in [3.8, 4) is 0 Å². The van der Waals surface area contributed by atoms with Crippen molar-refractivity contribution in [1.29, 1.82) is 0 Å². The highest BCUT2D eigenvalue weighted by Gasteiger charge is 2.16. The summed E-state index contributed by atoms with van der Waals surface area (Å²) in [6, 6.07) is 12.8. The molecule has 86 valence electrons. The molecule has 1 aliphatic rings. The van der Waals surface area contributed by atoms with Gasteiger partial charge in [-0.3, -0.25) is 4.98 Å². The first-order chi connectivity index (χ1) is 7.93. The predicted octanol–water partition coefficient (Wildman–Crippen LogP) is 3.86. The molecule has 0 radical (unpaired) electrons. The minimum Gasteiger partial charge on any atom is -0.265 e. The molecular weight excluding hydrogens is 230 g/mol. The third kappa shape index (κ3) is 2.40. The summed E-state index contributed by atoms with van der Waals surface area (Å²) in [5.41, 5.74) is 4.15. The summed E-state index contributed by atoms with van der Waals surface area (Å²) in [6.07, 6.45) is 9.31. The molecule has 3 rings (SSSR count). The van der Waals surface area contributed by atoms with E-state index in [0.29, 0.717) is 5.92 Å². The maximum Gasteiger partial charge on any atom is 0.0270 e. The van der Waals surface area contributed by atoms with Gasteiger partial charge in [-0.25, -0.2) is 0 Å². The first-order valence-electron chi connectivity index (χ1n) is 5.59. The number of hydrogen-bond donors (Lipinski definition) is 0. The van der Waals surface area contributed by atoms with Gasteiger partial charge in [0.05, 0.1) is 0 Å². The van der Waals surface area contributed by atoms with Crippen LogP contribution in [0, 0.1) is 0 Å². The van der Waals surface area contributed by atoms with Crippen LogP contribution in [0.2, 0.25) is 0 Å². The van der Waals surface area contributed by atoms with Crippen LogP contribution in [0.5, 0.6) is 0 Å². The Kier molecular flexibility index (Phi) is 3.60. The summed E-state index contributed by atoms with van der Waals surface area (Å²) in [7, 11) is 0. The number of hydrogen-bond acceptors (Lipinski definition) is 1. The van der Waals surface area contributed by atoms with Crippen molar-refractivity contribution < 1.29 is 0 Å². The van der Waals surface area contributed by atoms with Gasteiger partial charge in [-0.2, -0.15) is 0 Å². The number of benzene rings is 1. The third-order valence-electron chi connectivity index (χ3n) is 3.11. The normalized spacial score (nSPS) is 16.4. The van der Waals surface area contributed by atoms with Crippen LogP contribution in [0.1, 0.15) is 22.6 Å². The second kappa shape index (κ2) is 5.15. The SMILES string of the molecule is C1=CC(Cc2ccncc2)c2ccccc21.Cl. The second-order valence-corrected chi connectivity index (χ2v) is 4.15. The van der Waals surface area contributed by atoms with Gasteiger partial charge in [0.25, 0.3) is 0 Å². The molecule has 0 spiro atoms. The van der Waals surface area contributed by atoms with Gasteiger partial charge in [-0.15, -0.1) is 12.4 Å². The van der Waals surface area contributed by atoms with Crippen LogP contribution in [0.25, 0.3) is 6.08 Å². The molecule has 2 heteroatoms.